The van der Waals surface area contributed by atoms with E-state index in [0.29, 0.717) is 5.82 Å². The van der Waals surface area contributed by atoms with E-state index in [-0.39, 0.29) is 0 Å². The lowest BCUT2D eigenvalue weighted by Gasteiger charge is -2.11. The number of hydrogen-bond acceptors (Lipinski definition) is 5. The molecule has 0 atom stereocenters. The summed E-state index contributed by atoms with van der Waals surface area (Å²) in [5, 5.41) is 5.63. The Hall–Kier alpha value is -7.73. The highest BCUT2D eigenvalue weighted by atomic mass is 32.1. The Balaban J connectivity index is 0.984. The monoisotopic (exact) mass is 783 g/mol. The molecular weight excluding hydrogens is 751 g/mol. The highest BCUT2D eigenvalue weighted by molar-refractivity contribution is 7.26. The minimum absolute atomic E-state index is 0.684. The lowest BCUT2D eigenvalue weighted by atomic mass is 9.98. The van der Waals surface area contributed by atoms with Crippen molar-refractivity contribution in [3.8, 4) is 67.4 Å². The molecule has 0 saturated carbocycles. The summed E-state index contributed by atoms with van der Waals surface area (Å²) in [6.07, 6.45) is 0. The van der Waals surface area contributed by atoms with Gasteiger partial charge in [0.25, 0.3) is 0 Å². The maximum atomic E-state index is 6.66. The Morgan fingerprint density at radius 2 is 0.967 bits per heavy atom. The number of thiophene rings is 1. The molecule has 0 aliphatic carbocycles. The molecule has 4 aromatic heterocycles. The van der Waals surface area contributed by atoms with Gasteiger partial charge in [-0.3, -0.25) is 0 Å². The van der Waals surface area contributed by atoms with Gasteiger partial charge in [0, 0.05) is 53.2 Å². The number of furan rings is 1. The number of rotatable bonds is 6. The topological polar surface area (TPSA) is 51.8 Å². The molecule has 0 radical (unpaired) electrons. The van der Waals surface area contributed by atoms with Crippen molar-refractivity contribution in [3.05, 3.63) is 200 Å². The summed E-state index contributed by atoms with van der Waals surface area (Å²) in [7, 11) is 0. The van der Waals surface area contributed by atoms with Gasteiger partial charge in [-0.2, -0.15) is 0 Å². The van der Waals surface area contributed by atoms with Gasteiger partial charge in [0.2, 0.25) is 0 Å². The van der Waals surface area contributed by atoms with E-state index < -0.39 is 0 Å². The fraction of sp³-hybridized carbons (Fsp3) is 0. The number of para-hydroxylation sites is 1. The molecule has 0 spiro atoms. The number of aromatic nitrogens is 3. The van der Waals surface area contributed by atoms with Crippen molar-refractivity contribution in [2.24, 2.45) is 0 Å². The van der Waals surface area contributed by atoms with Crippen molar-refractivity contribution in [2.45, 2.75) is 0 Å². The van der Waals surface area contributed by atoms with Crippen LogP contribution in [0.3, 0.4) is 0 Å². The largest absolute Gasteiger partial charge is 0.455 e. The van der Waals surface area contributed by atoms with Gasteiger partial charge < -0.3 is 4.42 Å². The number of hydrogen-bond donors (Lipinski definition) is 0. The first-order chi connectivity index (χ1) is 29.7. The fourth-order valence-electron chi connectivity index (χ4n) is 8.54. The molecule has 0 unspecified atom stereocenters. The van der Waals surface area contributed by atoms with Crippen LogP contribution < -0.4 is 0 Å². The Morgan fingerprint density at radius 3 is 1.72 bits per heavy atom. The van der Waals surface area contributed by atoms with E-state index >= 15 is 0 Å². The first-order valence-corrected chi connectivity index (χ1v) is 20.9. The molecule has 4 nitrogen and oxygen atoms in total. The van der Waals surface area contributed by atoms with Crippen LogP contribution in [-0.2, 0) is 0 Å². The van der Waals surface area contributed by atoms with Crippen LogP contribution in [0.1, 0.15) is 0 Å². The van der Waals surface area contributed by atoms with Crippen LogP contribution in [0.2, 0.25) is 0 Å². The SMILES string of the molecule is c1ccc(-c2ccc(-c3cc(-c4ccc(-c5nc6cc(-c7cccc8c7sc7ccccc78)ccc6c6oc7ccccc7c56)cc4)nc(-c4ccccc4)n3)cc2)cc1. The Morgan fingerprint density at radius 1 is 0.383 bits per heavy atom. The molecule has 4 heterocycles. The predicted molar refractivity (Wildman–Crippen MR) is 250 cm³/mol. The zero-order chi connectivity index (χ0) is 39.6. The number of benzene rings is 8. The molecule has 0 N–H and O–H groups in total. The summed E-state index contributed by atoms with van der Waals surface area (Å²) in [6, 6.07) is 70.1. The first kappa shape index (κ1) is 34.3. The zero-order valence-corrected chi connectivity index (χ0v) is 33.0. The van der Waals surface area contributed by atoms with E-state index in [1.807, 2.05) is 47.7 Å². The Bertz CT molecular complexity index is 3570. The van der Waals surface area contributed by atoms with Gasteiger partial charge in [0.1, 0.15) is 11.2 Å². The van der Waals surface area contributed by atoms with Crippen molar-refractivity contribution in [1.29, 1.82) is 0 Å². The van der Waals surface area contributed by atoms with Crippen LogP contribution in [0.4, 0.5) is 0 Å². The van der Waals surface area contributed by atoms with Crippen molar-refractivity contribution in [1.82, 2.24) is 15.0 Å². The van der Waals surface area contributed by atoms with Crippen LogP contribution in [0.5, 0.6) is 0 Å². The quantitative estimate of drug-likeness (QED) is 0.169. The van der Waals surface area contributed by atoms with Crippen LogP contribution >= 0.6 is 11.3 Å². The molecule has 0 fully saturated rings. The van der Waals surface area contributed by atoms with E-state index in [2.05, 4.69) is 164 Å². The summed E-state index contributed by atoms with van der Waals surface area (Å²) in [5.74, 6) is 0.684. The number of pyridine rings is 1. The average Bonchev–Trinajstić information content (AvgIpc) is 3.91. The van der Waals surface area contributed by atoms with Gasteiger partial charge in [0.05, 0.1) is 28.0 Å². The molecule has 0 aliphatic rings. The molecule has 60 heavy (non-hydrogen) atoms. The zero-order valence-electron chi connectivity index (χ0n) is 32.2. The summed E-state index contributed by atoms with van der Waals surface area (Å²) in [6.45, 7) is 0. The second-order valence-corrected chi connectivity index (χ2v) is 16.2. The molecule has 280 valence electrons. The van der Waals surface area contributed by atoms with Crippen LogP contribution in [0.15, 0.2) is 205 Å². The van der Waals surface area contributed by atoms with Crippen LogP contribution in [-0.4, -0.2) is 15.0 Å². The van der Waals surface area contributed by atoms with Gasteiger partial charge in [-0.15, -0.1) is 11.3 Å². The smallest absolute Gasteiger partial charge is 0.160 e. The molecule has 0 saturated heterocycles. The Labute approximate surface area is 349 Å². The molecule has 0 amide bonds. The Kier molecular flexibility index (Phi) is 8.00. The van der Waals surface area contributed by atoms with E-state index in [1.54, 1.807) is 0 Å². The second kappa shape index (κ2) is 14.0. The maximum Gasteiger partial charge on any atom is 0.160 e. The summed E-state index contributed by atoms with van der Waals surface area (Å²) in [4.78, 5) is 15.7. The number of nitrogens with zero attached hydrogens (tertiary/aromatic N) is 3. The van der Waals surface area contributed by atoms with Crippen LogP contribution in [0.25, 0.3) is 120 Å². The summed E-state index contributed by atoms with van der Waals surface area (Å²) in [5.41, 5.74) is 13.9. The highest BCUT2D eigenvalue weighted by Crippen LogP contribution is 2.43. The van der Waals surface area contributed by atoms with Crippen molar-refractivity contribution >= 4 is 64.4 Å². The highest BCUT2D eigenvalue weighted by Gasteiger charge is 2.20. The second-order valence-electron chi connectivity index (χ2n) is 15.1. The summed E-state index contributed by atoms with van der Waals surface area (Å²) < 4.78 is 9.24. The van der Waals surface area contributed by atoms with Crippen molar-refractivity contribution in [3.63, 3.8) is 0 Å². The van der Waals surface area contributed by atoms with Crippen molar-refractivity contribution in [2.75, 3.05) is 0 Å². The average molecular weight is 784 g/mol. The molecule has 8 aromatic carbocycles. The van der Waals surface area contributed by atoms with E-state index in [1.165, 1.54) is 36.9 Å². The lowest BCUT2D eigenvalue weighted by molar-refractivity contribution is 0.672. The molecule has 0 aliphatic heterocycles. The minimum atomic E-state index is 0.684. The van der Waals surface area contributed by atoms with Gasteiger partial charge in [-0.05, 0) is 52.6 Å². The third-order valence-corrected chi connectivity index (χ3v) is 12.7. The first-order valence-electron chi connectivity index (χ1n) is 20.1. The maximum absolute atomic E-state index is 6.66. The van der Waals surface area contributed by atoms with Gasteiger partial charge >= 0.3 is 0 Å². The third-order valence-electron chi connectivity index (χ3n) is 11.5. The molecule has 5 heteroatoms. The third kappa shape index (κ3) is 5.78. The molecular formula is C55H33N3OS. The number of fused-ring (bicyclic) bond motifs is 8. The normalized spacial score (nSPS) is 11.7. The molecule has 12 aromatic rings. The van der Waals surface area contributed by atoms with E-state index in [9.17, 15) is 0 Å². The summed E-state index contributed by atoms with van der Waals surface area (Å²) >= 11 is 1.84. The standard InChI is InChI=1S/C55H33N3OS/c1-3-12-34(13-4-1)35-22-24-36(25-23-35)46-33-47(58-55(57-46)39-14-5-2-6-15-39)37-26-28-38(29-27-37)52-51-45-17-7-9-20-49(45)59-53(51)44-31-30-40(32-48(44)56-52)41-18-11-19-43-42-16-8-10-21-50(42)60-54(41)43/h1-33H. The van der Waals surface area contributed by atoms with Crippen molar-refractivity contribution < 1.29 is 4.42 Å². The van der Waals surface area contributed by atoms with Gasteiger partial charge in [-0.1, -0.05) is 170 Å². The fourth-order valence-corrected chi connectivity index (χ4v) is 9.77. The van der Waals surface area contributed by atoms with Gasteiger partial charge in [-0.25, -0.2) is 15.0 Å². The van der Waals surface area contributed by atoms with Crippen LogP contribution in [0, 0.1) is 0 Å². The molecule has 0 bridgehead atoms. The van der Waals surface area contributed by atoms with E-state index in [0.717, 1.165) is 77.7 Å². The van der Waals surface area contributed by atoms with Gasteiger partial charge in [0.15, 0.2) is 5.82 Å². The lowest BCUT2D eigenvalue weighted by Crippen LogP contribution is -1.96. The predicted octanol–water partition coefficient (Wildman–Crippen LogP) is 15.3. The van der Waals surface area contributed by atoms with E-state index in [4.69, 9.17) is 19.4 Å². The minimum Gasteiger partial charge on any atom is -0.455 e. The molecule has 12 rings (SSSR count).